The van der Waals surface area contributed by atoms with Crippen LogP contribution < -0.4 is 10.6 Å². The fraction of sp³-hybridized carbons (Fsp3) is 0.333. The molecule has 3 rings (SSSR count). The average Bonchev–Trinajstić information content (AvgIpc) is 3.09. The number of nitrogens with one attached hydrogen (secondary N) is 2. The first-order valence-corrected chi connectivity index (χ1v) is 10.1. The van der Waals surface area contributed by atoms with Crippen molar-refractivity contribution in [3.05, 3.63) is 52.8 Å². The number of halogens is 2. The Kier molecular flexibility index (Phi) is 6.87. The molecule has 0 fully saturated rings. The van der Waals surface area contributed by atoms with Crippen molar-refractivity contribution in [3.8, 4) is 11.4 Å². The molecule has 0 radical (unpaired) electrons. The number of aryl methyl sites for hydroxylation is 1. The Labute approximate surface area is 184 Å². The maximum absolute atomic E-state index is 14.4. The van der Waals surface area contributed by atoms with Crippen molar-refractivity contribution in [2.24, 2.45) is 0 Å². The molecule has 10 heteroatoms. The van der Waals surface area contributed by atoms with Crippen molar-refractivity contribution < 1.29 is 14.3 Å². The zero-order chi connectivity index (χ0) is 22.7. The number of imidazole rings is 1. The van der Waals surface area contributed by atoms with Crippen LogP contribution in [-0.4, -0.2) is 43.2 Å². The summed E-state index contributed by atoms with van der Waals surface area (Å²) in [5, 5.41) is 15.0. The fourth-order valence-corrected chi connectivity index (χ4v) is 3.32. The van der Waals surface area contributed by atoms with Crippen LogP contribution in [0.2, 0.25) is 5.02 Å². The van der Waals surface area contributed by atoms with E-state index in [1.54, 1.807) is 12.3 Å². The van der Waals surface area contributed by atoms with E-state index in [0.29, 0.717) is 16.4 Å². The van der Waals surface area contributed by atoms with Gasteiger partial charge in [0.1, 0.15) is 17.3 Å². The summed E-state index contributed by atoms with van der Waals surface area (Å²) in [5.41, 5.74) is 1.49. The molecule has 2 aromatic heterocycles. The number of carbonyl (C=O) groups excluding carboxylic acids is 1. The van der Waals surface area contributed by atoms with E-state index < -0.39 is 17.8 Å². The van der Waals surface area contributed by atoms with Crippen LogP contribution in [-0.2, 0) is 0 Å². The highest BCUT2D eigenvalue weighted by atomic mass is 35.5. The monoisotopic (exact) mass is 446 g/mol. The van der Waals surface area contributed by atoms with E-state index in [1.165, 1.54) is 25.3 Å². The number of amides is 1. The summed E-state index contributed by atoms with van der Waals surface area (Å²) >= 11 is 6.34. The third-order valence-corrected chi connectivity index (χ3v) is 4.79. The molecule has 0 aliphatic heterocycles. The van der Waals surface area contributed by atoms with Gasteiger partial charge in [0.05, 0.1) is 34.8 Å². The van der Waals surface area contributed by atoms with Crippen molar-refractivity contribution in [1.29, 1.82) is 0 Å². The van der Waals surface area contributed by atoms with E-state index in [1.807, 2.05) is 25.3 Å². The highest BCUT2D eigenvalue weighted by Gasteiger charge is 2.17. The SMILES string of the molecule is Cc1ncc(-c2nc(Nc3ccc(C(=O)NCC(C)O)c(F)c3)ncc2Cl)n1C(C)C. The summed E-state index contributed by atoms with van der Waals surface area (Å²) in [7, 11) is 0. The fourth-order valence-electron chi connectivity index (χ4n) is 3.13. The molecule has 0 saturated heterocycles. The van der Waals surface area contributed by atoms with Crippen molar-refractivity contribution in [2.45, 2.75) is 39.8 Å². The molecule has 0 spiro atoms. The van der Waals surface area contributed by atoms with Crippen molar-refractivity contribution in [1.82, 2.24) is 24.8 Å². The molecule has 0 saturated carbocycles. The minimum Gasteiger partial charge on any atom is -0.392 e. The smallest absolute Gasteiger partial charge is 0.254 e. The number of nitrogens with zero attached hydrogens (tertiary/aromatic N) is 4. The maximum Gasteiger partial charge on any atom is 0.254 e. The molecule has 1 aromatic carbocycles. The van der Waals surface area contributed by atoms with Gasteiger partial charge in [0.25, 0.3) is 5.91 Å². The van der Waals surface area contributed by atoms with Crippen LogP contribution in [0.1, 0.15) is 43.0 Å². The molecule has 8 nitrogen and oxygen atoms in total. The minimum absolute atomic E-state index is 0.0338. The molecule has 1 atom stereocenters. The zero-order valence-electron chi connectivity index (χ0n) is 17.6. The van der Waals surface area contributed by atoms with Gasteiger partial charge < -0.3 is 20.3 Å². The Morgan fingerprint density at radius 3 is 2.65 bits per heavy atom. The quantitative estimate of drug-likeness (QED) is 0.508. The topological polar surface area (TPSA) is 105 Å². The summed E-state index contributed by atoms with van der Waals surface area (Å²) in [6, 6.07) is 4.22. The Morgan fingerprint density at radius 2 is 2.00 bits per heavy atom. The third kappa shape index (κ3) is 5.18. The lowest BCUT2D eigenvalue weighted by Crippen LogP contribution is -2.31. The number of benzene rings is 1. The molecule has 3 N–H and O–H groups in total. The Hall–Kier alpha value is -3.04. The molecule has 0 bridgehead atoms. The zero-order valence-corrected chi connectivity index (χ0v) is 18.4. The van der Waals surface area contributed by atoms with Gasteiger partial charge in [-0.2, -0.15) is 0 Å². The van der Waals surface area contributed by atoms with Gasteiger partial charge in [0.15, 0.2) is 0 Å². The minimum atomic E-state index is -0.722. The maximum atomic E-state index is 14.4. The molecular formula is C21H24ClFN6O2. The van der Waals surface area contributed by atoms with Gasteiger partial charge in [0, 0.05) is 18.3 Å². The van der Waals surface area contributed by atoms with E-state index >= 15 is 0 Å². The number of anilines is 2. The molecule has 3 aromatic rings. The second-order valence-electron chi connectivity index (χ2n) is 7.42. The van der Waals surface area contributed by atoms with Gasteiger partial charge in [-0.05, 0) is 45.9 Å². The molecule has 2 heterocycles. The van der Waals surface area contributed by atoms with Crippen LogP contribution in [0.15, 0.2) is 30.6 Å². The summed E-state index contributed by atoms with van der Waals surface area (Å²) in [6.07, 6.45) is 2.45. The number of hydrogen-bond donors (Lipinski definition) is 3. The van der Waals surface area contributed by atoms with E-state index in [4.69, 9.17) is 11.6 Å². The normalized spacial score (nSPS) is 12.1. The number of aliphatic hydroxyl groups excluding tert-OH is 1. The predicted octanol–water partition coefficient (Wildman–Crippen LogP) is 3.88. The first kappa shape index (κ1) is 22.6. The summed E-state index contributed by atoms with van der Waals surface area (Å²) in [5.74, 6) is -0.261. The highest BCUT2D eigenvalue weighted by molar-refractivity contribution is 6.32. The summed E-state index contributed by atoms with van der Waals surface area (Å²) in [4.78, 5) is 25.0. The molecular weight excluding hydrogens is 423 g/mol. The van der Waals surface area contributed by atoms with Crippen molar-refractivity contribution in [3.63, 3.8) is 0 Å². The Morgan fingerprint density at radius 1 is 1.26 bits per heavy atom. The first-order valence-electron chi connectivity index (χ1n) is 9.77. The molecule has 31 heavy (non-hydrogen) atoms. The number of aromatic nitrogens is 4. The second-order valence-corrected chi connectivity index (χ2v) is 7.83. The van der Waals surface area contributed by atoms with Crippen LogP contribution in [0.25, 0.3) is 11.4 Å². The summed E-state index contributed by atoms with van der Waals surface area (Å²) in [6.45, 7) is 7.54. The number of carbonyl (C=O) groups is 1. The van der Waals surface area contributed by atoms with Gasteiger partial charge in [-0.1, -0.05) is 11.6 Å². The van der Waals surface area contributed by atoms with Crippen molar-refractivity contribution >= 4 is 29.1 Å². The second kappa shape index (κ2) is 9.40. The van der Waals surface area contributed by atoms with E-state index in [0.717, 1.165) is 11.5 Å². The lowest BCUT2D eigenvalue weighted by atomic mass is 10.1. The predicted molar refractivity (Wildman–Crippen MR) is 117 cm³/mol. The molecule has 0 aliphatic carbocycles. The Balaban J connectivity index is 1.85. The number of rotatable bonds is 7. The summed E-state index contributed by atoms with van der Waals surface area (Å²) < 4.78 is 16.5. The number of hydrogen-bond acceptors (Lipinski definition) is 6. The molecule has 1 unspecified atom stereocenters. The Bertz CT molecular complexity index is 1100. The van der Waals surface area contributed by atoms with Gasteiger partial charge in [-0.15, -0.1) is 0 Å². The van der Waals surface area contributed by atoms with Crippen molar-refractivity contribution in [2.75, 3.05) is 11.9 Å². The molecule has 164 valence electrons. The van der Waals surface area contributed by atoms with E-state index in [2.05, 4.69) is 25.6 Å². The third-order valence-electron chi connectivity index (χ3n) is 4.51. The molecule has 0 aliphatic rings. The lowest BCUT2D eigenvalue weighted by Gasteiger charge is -2.15. The van der Waals surface area contributed by atoms with E-state index in [-0.39, 0.29) is 24.1 Å². The largest absolute Gasteiger partial charge is 0.392 e. The van der Waals surface area contributed by atoms with E-state index in [9.17, 15) is 14.3 Å². The highest BCUT2D eigenvalue weighted by Crippen LogP contribution is 2.30. The lowest BCUT2D eigenvalue weighted by molar-refractivity contribution is 0.0920. The molecule has 1 amide bonds. The average molecular weight is 447 g/mol. The van der Waals surface area contributed by atoms with Gasteiger partial charge in [-0.25, -0.2) is 19.3 Å². The van der Waals surface area contributed by atoms with Crippen LogP contribution >= 0.6 is 11.6 Å². The number of aliphatic hydroxyl groups is 1. The standard InChI is InChI=1S/C21H24ClFN6O2/c1-11(2)29-13(4)24-10-18(29)19-16(22)9-26-21(28-19)27-14-5-6-15(17(23)7-14)20(31)25-8-12(3)30/h5-7,9-12,30H,8H2,1-4H3,(H,25,31)(H,26,27,28). The van der Waals surface area contributed by atoms with Crippen LogP contribution in [0, 0.1) is 12.7 Å². The van der Waals surface area contributed by atoms with Crippen LogP contribution in [0.5, 0.6) is 0 Å². The van der Waals surface area contributed by atoms with Gasteiger partial charge >= 0.3 is 0 Å². The van der Waals surface area contributed by atoms with Gasteiger partial charge in [-0.3, -0.25) is 4.79 Å². The van der Waals surface area contributed by atoms with Crippen LogP contribution in [0.4, 0.5) is 16.0 Å². The first-order chi connectivity index (χ1) is 14.7. The van der Waals surface area contributed by atoms with Gasteiger partial charge in [0.2, 0.25) is 5.95 Å². The van der Waals surface area contributed by atoms with Crippen LogP contribution in [0.3, 0.4) is 0 Å².